The van der Waals surface area contributed by atoms with Crippen LogP contribution in [0.3, 0.4) is 0 Å². The number of hydrogen-bond acceptors (Lipinski definition) is 2. The van der Waals surface area contributed by atoms with Crippen LogP contribution in [-0.4, -0.2) is 19.4 Å². The van der Waals surface area contributed by atoms with Gasteiger partial charge in [-0.25, -0.2) is 0 Å². The Bertz CT molecular complexity index is 381. The molecule has 1 fully saturated rings. The second kappa shape index (κ2) is 6.19. The van der Waals surface area contributed by atoms with Crippen LogP contribution in [0.4, 0.5) is 5.69 Å². The highest BCUT2D eigenvalue weighted by Crippen LogP contribution is 2.28. The minimum Gasteiger partial charge on any atom is -0.371 e. The summed E-state index contributed by atoms with van der Waals surface area (Å²) < 4.78 is 0. The number of halogens is 1. The fourth-order valence-corrected chi connectivity index (χ4v) is 2.09. The van der Waals surface area contributed by atoms with E-state index in [9.17, 15) is 4.79 Å². The Balaban J connectivity index is 0.000000606. The molecule has 0 radical (unpaired) electrons. The molecule has 0 N–H and O–H groups in total. The summed E-state index contributed by atoms with van der Waals surface area (Å²) >= 11 is 5.95. The first-order valence-corrected chi connectivity index (χ1v) is 5.52. The van der Waals surface area contributed by atoms with Gasteiger partial charge in [-0.3, -0.25) is 4.79 Å². The SMILES string of the molecule is C#C.O=Cc1c(Cl)cccc1N1CCCC1. The van der Waals surface area contributed by atoms with Crippen LogP contribution in [0.2, 0.25) is 5.02 Å². The zero-order chi connectivity index (χ0) is 12.0. The second-order valence-electron chi connectivity index (χ2n) is 3.48. The Morgan fingerprint density at radius 2 is 1.88 bits per heavy atom. The van der Waals surface area contributed by atoms with Gasteiger partial charge in [0.1, 0.15) is 0 Å². The van der Waals surface area contributed by atoms with Crippen molar-refractivity contribution in [2.24, 2.45) is 0 Å². The van der Waals surface area contributed by atoms with E-state index in [0.29, 0.717) is 10.6 Å². The highest BCUT2D eigenvalue weighted by Gasteiger charge is 2.16. The molecule has 1 aliphatic rings. The highest BCUT2D eigenvalue weighted by molar-refractivity contribution is 6.33. The van der Waals surface area contributed by atoms with Gasteiger partial charge in [0, 0.05) is 18.8 Å². The normalized spacial score (nSPS) is 14.1. The molecule has 3 heteroatoms. The molecule has 0 amide bonds. The van der Waals surface area contributed by atoms with Gasteiger partial charge in [-0.1, -0.05) is 17.7 Å². The summed E-state index contributed by atoms with van der Waals surface area (Å²) in [5, 5.41) is 0.546. The topological polar surface area (TPSA) is 20.3 Å². The van der Waals surface area contributed by atoms with Crippen LogP contribution in [-0.2, 0) is 0 Å². The molecule has 84 valence electrons. The molecule has 0 unspecified atom stereocenters. The molecule has 1 aromatic rings. The van der Waals surface area contributed by atoms with Crippen LogP contribution in [0.25, 0.3) is 0 Å². The van der Waals surface area contributed by atoms with Gasteiger partial charge in [0.25, 0.3) is 0 Å². The summed E-state index contributed by atoms with van der Waals surface area (Å²) in [7, 11) is 0. The van der Waals surface area contributed by atoms with E-state index in [-0.39, 0.29) is 0 Å². The quantitative estimate of drug-likeness (QED) is 0.580. The van der Waals surface area contributed by atoms with Gasteiger partial charge >= 0.3 is 0 Å². The number of carbonyl (C=O) groups excluding carboxylic acids is 1. The molecule has 0 bridgehead atoms. The van der Waals surface area contributed by atoms with Gasteiger partial charge in [0.15, 0.2) is 6.29 Å². The Labute approximate surface area is 101 Å². The van der Waals surface area contributed by atoms with Gasteiger partial charge in [-0.2, -0.15) is 0 Å². The van der Waals surface area contributed by atoms with Crippen LogP contribution < -0.4 is 4.90 Å². The van der Waals surface area contributed by atoms with E-state index < -0.39 is 0 Å². The molecule has 1 aliphatic heterocycles. The lowest BCUT2D eigenvalue weighted by molar-refractivity contribution is 0.112. The number of terminal acetylenes is 1. The van der Waals surface area contributed by atoms with Crippen molar-refractivity contribution >= 4 is 23.6 Å². The van der Waals surface area contributed by atoms with Crippen molar-refractivity contribution in [1.82, 2.24) is 0 Å². The lowest BCUT2D eigenvalue weighted by atomic mass is 10.2. The van der Waals surface area contributed by atoms with Crippen molar-refractivity contribution in [3.8, 4) is 12.8 Å². The van der Waals surface area contributed by atoms with Crippen LogP contribution >= 0.6 is 11.6 Å². The molecule has 1 aromatic carbocycles. The van der Waals surface area contributed by atoms with E-state index in [4.69, 9.17) is 11.6 Å². The number of hydrogen-bond donors (Lipinski definition) is 0. The zero-order valence-electron chi connectivity index (χ0n) is 9.03. The van der Waals surface area contributed by atoms with Gasteiger partial charge in [-0.05, 0) is 25.0 Å². The minimum atomic E-state index is 0.546. The van der Waals surface area contributed by atoms with Crippen molar-refractivity contribution in [3.05, 3.63) is 28.8 Å². The summed E-state index contributed by atoms with van der Waals surface area (Å²) in [6.45, 7) is 2.06. The van der Waals surface area contributed by atoms with E-state index in [1.54, 1.807) is 6.07 Å². The first-order chi connectivity index (χ1) is 7.83. The summed E-state index contributed by atoms with van der Waals surface area (Å²) in [5.41, 5.74) is 1.60. The van der Waals surface area contributed by atoms with Crippen molar-refractivity contribution in [2.45, 2.75) is 12.8 Å². The molecule has 16 heavy (non-hydrogen) atoms. The molecule has 2 rings (SSSR count). The smallest absolute Gasteiger partial charge is 0.153 e. The summed E-state index contributed by atoms with van der Waals surface area (Å²) in [5.74, 6) is 0. The van der Waals surface area contributed by atoms with Crippen LogP contribution in [0.1, 0.15) is 23.2 Å². The third-order valence-electron chi connectivity index (χ3n) is 2.59. The first kappa shape index (κ1) is 12.6. The number of rotatable bonds is 2. The maximum atomic E-state index is 10.9. The van der Waals surface area contributed by atoms with E-state index in [2.05, 4.69) is 17.7 Å². The first-order valence-electron chi connectivity index (χ1n) is 5.15. The summed E-state index contributed by atoms with van der Waals surface area (Å²) in [6, 6.07) is 5.61. The van der Waals surface area contributed by atoms with E-state index in [1.807, 2.05) is 12.1 Å². The van der Waals surface area contributed by atoms with Gasteiger partial charge < -0.3 is 4.90 Å². The number of aldehydes is 1. The lowest BCUT2D eigenvalue weighted by Crippen LogP contribution is -2.19. The molecular weight excluding hydrogens is 222 g/mol. The van der Waals surface area contributed by atoms with Crippen molar-refractivity contribution < 1.29 is 4.79 Å². The number of benzene rings is 1. The molecular formula is C13H14ClNO. The molecule has 0 spiro atoms. The maximum absolute atomic E-state index is 10.9. The predicted octanol–water partition coefficient (Wildman–Crippen LogP) is 3.00. The number of carbonyl (C=O) groups is 1. The summed E-state index contributed by atoms with van der Waals surface area (Å²) in [6.07, 6.45) is 11.2. The van der Waals surface area contributed by atoms with Crippen molar-refractivity contribution in [2.75, 3.05) is 18.0 Å². The molecule has 2 nitrogen and oxygen atoms in total. The summed E-state index contributed by atoms with van der Waals surface area (Å²) in [4.78, 5) is 13.1. The van der Waals surface area contributed by atoms with Gasteiger partial charge in [-0.15, -0.1) is 12.8 Å². The Hall–Kier alpha value is -1.46. The van der Waals surface area contributed by atoms with E-state index >= 15 is 0 Å². The fraction of sp³-hybridized carbons (Fsp3) is 0.308. The molecule has 0 aromatic heterocycles. The zero-order valence-corrected chi connectivity index (χ0v) is 9.78. The average molecular weight is 236 g/mol. The Morgan fingerprint density at radius 1 is 1.25 bits per heavy atom. The average Bonchev–Trinajstić information content (AvgIpc) is 2.85. The number of anilines is 1. The minimum absolute atomic E-state index is 0.546. The molecule has 0 saturated carbocycles. The monoisotopic (exact) mass is 235 g/mol. The van der Waals surface area contributed by atoms with Gasteiger partial charge in [0.2, 0.25) is 0 Å². The molecule has 1 heterocycles. The second-order valence-corrected chi connectivity index (χ2v) is 3.89. The third kappa shape index (κ3) is 2.56. The van der Waals surface area contributed by atoms with Crippen molar-refractivity contribution in [3.63, 3.8) is 0 Å². The molecule has 0 atom stereocenters. The predicted molar refractivity (Wildman–Crippen MR) is 68.2 cm³/mol. The molecule has 0 aliphatic carbocycles. The Morgan fingerprint density at radius 3 is 2.44 bits per heavy atom. The maximum Gasteiger partial charge on any atom is 0.153 e. The lowest BCUT2D eigenvalue weighted by Gasteiger charge is -2.19. The number of nitrogens with zero attached hydrogens (tertiary/aromatic N) is 1. The molecule has 1 saturated heterocycles. The standard InChI is InChI=1S/C11H12ClNO.C2H2/c12-10-4-3-5-11(9(10)8-14)13-6-1-2-7-13;1-2/h3-5,8H,1-2,6-7H2;1-2H. The van der Waals surface area contributed by atoms with Crippen LogP contribution in [0.5, 0.6) is 0 Å². The van der Waals surface area contributed by atoms with Crippen LogP contribution in [0, 0.1) is 12.8 Å². The van der Waals surface area contributed by atoms with Gasteiger partial charge in [0.05, 0.1) is 10.6 Å². The van der Waals surface area contributed by atoms with Crippen molar-refractivity contribution in [1.29, 1.82) is 0 Å². The third-order valence-corrected chi connectivity index (χ3v) is 2.92. The Kier molecular flexibility index (Phi) is 4.88. The van der Waals surface area contributed by atoms with Crippen LogP contribution in [0.15, 0.2) is 18.2 Å². The van der Waals surface area contributed by atoms with E-state index in [1.165, 1.54) is 12.8 Å². The van der Waals surface area contributed by atoms with E-state index in [0.717, 1.165) is 25.1 Å². The fourth-order valence-electron chi connectivity index (χ4n) is 1.88. The highest BCUT2D eigenvalue weighted by atomic mass is 35.5. The largest absolute Gasteiger partial charge is 0.371 e.